The standard InChI is InChI=1S/C26H29NO6S/c1-5-30-19-13-10-18(11-14-19)27-25-23(26(29)33-8-4)24(28)22(34-25)15-17-9-12-20(31-6-2)16-21(17)32-7-3/h9-16,28H,5-8H2,1-4H3/b22-15-,27-25?. The second-order valence-electron chi connectivity index (χ2n) is 6.96. The zero-order valence-corrected chi connectivity index (χ0v) is 20.6. The highest BCUT2D eigenvalue weighted by Crippen LogP contribution is 2.41. The minimum atomic E-state index is -0.627. The molecule has 1 aliphatic heterocycles. The van der Waals surface area contributed by atoms with Crippen LogP contribution in [0.15, 0.2) is 63.7 Å². The van der Waals surface area contributed by atoms with Crippen molar-refractivity contribution in [2.45, 2.75) is 27.7 Å². The van der Waals surface area contributed by atoms with Crippen LogP contribution < -0.4 is 14.2 Å². The fourth-order valence-electron chi connectivity index (χ4n) is 3.20. The molecule has 0 radical (unpaired) electrons. The number of carbonyl (C=O) groups excluding carboxylic acids is 1. The summed E-state index contributed by atoms with van der Waals surface area (Å²) in [6, 6.07) is 12.7. The number of hydrogen-bond acceptors (Lipinski definition) is 8. The number of aliphatic hydroxyl groups is 1. The first-order valence-corrected chi connectivity index (χ1v) is 12.0. The van der Waals surface area contributed by atoms with Crippen molar-refractivity contribution < 1.29 is 28.8 Å². The summed E-state index contributed by atoms with van der Waals surface area (Å²) in [5, 5.41) is 11.3. The molecule has 2 aromatic rings. The summed E-state index contributed by atoms with van der Waals surface area (Å²) in [7, 11) is 0. The molecule has 1 N–H and O–H groups in total. The first kappa shape index (κ1) is 25.2. The molecule has 0 aliphatic carbocycles. The van der Waals surface area contributed by atoms with E-state index in [-0.39, 0.29) is 17.9 Å². The Hall–Kier alpha value is -3.39. The Morgan fingerprint density at radius 3 is 2.21 bits per heavy atom. The highest BCUT2D eigenvalue weighted by atomic mass is 32.2. The molecule has 0 saturated heterocycles. The molecule has 2 aromatic carbocycles. The lowest BCUT2D eigenvalue weighted by molar-refractivity contribution is -0.138. The van der Waals surface area contributed by atoms with E-state index in [0.717, 1.165) is 11.3 Å². The minimum absolute atomic E-state index is 0.0379. The molecule has 180 valence electrons. The molecule has 0 fully saturated rings. The van der Waals surface area contributed by atoms with Gasteiger partial charge >= 0.3 is 5.97 Å². The molecule has 1 aliphatic rings. The Bertz CT molecular complexity index is 1100. The average molecular weight is 484 g/mol. The van der Waals surface area contributed by atoms with E-state index < -0.39 is 5.97 Å². The molecule has 0 bridgehead atoms. The van der Waals surface area contributed by atoms with E-state index >= 15 is 0 Å². The molecule has 8 heteroatoms. The Balaban J connectivity index is 2.01. The fourth-order valence-corrected chi connectivity index (χ4v) is 4.23. The molecule has 7 nitrogen and oxygen atoms in total. The van der Waals surface area contributed by atoms with E-state index in [9.17, 15) is 9.90 Å². The SMILES string of the molecule is CCOC(=O)C1=C(O)/C(=C/c2ccc(OCC)cc2OCC)SC1=Nc1ccc(OCC)cc1. The van der Waals surface area contributed by atoms with Gasteiger partial charge in [-0.15, -0.1) is 0 Å². The Kier molecular flexibility index (Phi) is 9.04. The van der Waals surface area contributed by atoms with Gasteiger partial charge in [0, 0.05) is 11.6 Å². The number of esters is 1. The summed E-state index contributed by atoms with van der Waals surface area (Å²) in [4.78, 5) is 17.7. The molecule has 0 unspecified atom stereocenters. The number of rotatable bonds is 10. The summed E-state index contributed by atoms with van der Waals surface area (Å²) >= 11 is 1.19. The van der Waals surface area contributed by atoms with Crippen LogP contribution in [0.1, 0.15) is 33.3 Å². The monoisotopic (exact) mass is 483 g/mol. The summed E-state index contributed by atoms with van der Waals surface area (Å²) in [6.45, 7) is 9.20. The third-order valence-corrected chi connectivity index (χ3v) is 5.65. The van der Waals surface area contributed by atoms with Crippen LogP contribution in [0.3, 0.4) is 0 Å². The number of ether oxygens (including phenoxy) is 4. The zero-order valence-electron chi connectivity index (χ0n) is 19.8. The number of benzene rings is 2. The largest absolute Gasteiger partial charge is 0.506 e. The molecule has 0 amide bonds. The lowest BCUT2D eigenvalue weighted by Crippen LogP contribution is -2.12. The first-order chi connectivity index (χ1) is 16.5. The average Bonchev–Trinajstić information content (AvgIpc) is 3.12. The summed E-state index contributed by atoms with van der Waals surface area (Å²) in [6.07, 6.45) is 1.76. The van der Waals surface area contributed by atoms with Crippen LogP contribution in [0.5, 0.6) is 17.2 Å². The Morgan fingerprint density at radius 2 is 1.56 bits per heavy atom. The fraction of sp³-hybridized carbons (Fsp3) is 0.308. The van der Waals surface area contributed by atoms with Crippen molar-refractivity contribution in [3.8, 4) is 17.2 Å². The van der Waals surface area contributed by atoms with Crippen LogP contribution in [0.4, 0.5) is 5.69 Å². The molecule has 3 rings (SSSR count). The minimum Gasteiger partial charge on any atom is -0.506 e. The van der Waals surface area contributed by atoms with E-state index in [1.165, 1.54) is 11.8 Å². The Morgan fingerprint density at radius 1 is 0.912 bits per heavy atom. The highest BCUT2D eigenvalue weighted by Gasteiger charge is 2.33. The molecule has 1 heterocycles. The van der Waals surface area contributed by atoms with Gasteiger partial charge in [0.15, 0.2) is 0 Å². The maximum absolute atomic E-state index is 12.7. The van der Waals surface area contributed by atoms with Gasteiger partial charge in [-0.3, -0.25) is 0 Å². The number of aliphatic imine (C=N–C) groups is 1. The van der Waals surface area contributed by atoms with Crippen molar-refractivity contribution in [2.24, 2.45) is 4.99 Å². The second kappa shape index (κ2) is 12.2. The molecule has 0 atom stereocenters. The van der Waals surface area contributed by atoms with Gasteiger partial charge in [-0.2, -0.15) is 0 Å². The number of carbonyl (C=O) groups is 1. The van der Waals surface area contributed by atoms with Gasteiger partial charge in [-0.05, 0) is 70.2 Å². The number of aliphatic hydroxyl groups excluding tert-OH is 1. The van der Waals surface area contributed by atoms with Gasteiger partial charge in [0.2, 0.25) is 0 Å². The Labute approximate surface area is 204 Å². The maximum Gasteiger partial charge on any atom is 0.344 e. The summed E-state index contributed by atoms with van der Waals surface area (Å²) < 4.78 is 22.0. The summed E-state index contributed by atoms with van der Waals surface area (Å²) in [5.41, 5.74) is 1.40. The van der Waals surface area contributed by atoms with Crippen LogP contribution in [-0.2, 0) is 9.53 Å². The molecule has 34 heavy (non-hydrogen) atoms. The van der Waals surface area contributed by atoms with Crippen molar-refractivity contribution in [1.82, 2.24) is 0 Å². The predicted octanol–water partition coefficient (Wildman–Crippen LogP) is 6.08. The normalized spacial score (nSPS) is 15.6. The lowest BCUT2D eigenvalue weighted by Gasteiger charge is -2.11. The van der Waals surface area contributed by atoms with Crippen molar-refractivity contribution in [3.05, 3.63) is 64.3 Å². The summed E-state index contributed by atoms with van der Waals surface area (Å²) in [5.74, 6) is 1.23. The van der Waals surface area contributed by atoms with E-state index in [4.69, 9.17) is 18.9 Å². The van der Waals surface area contributed by atoms with Gasteiger partial charge in [0.05, 0.1) is 37.0 Å². The van der Waals surface area contributed by atoms with Crippen molar-refractivity contribution in [1.29, 1.82) is 0 Å². The van der Waals surface area contributed by atoms with Crippen molar-refractivity contribution >= 4 is 34.5 Å². The second-order valence-corrected chi connectivity index (χ2v) is 7.99. The van der Waals surface area contributed by atoms with Gasteiger partial charge in [0.25, 0.3) is 0 Å². The topological polar surface area (TPSA) is 86.6 Å². The van der Waals surface area contributed by atoms with E-state index in [2.05, 4.69) is 4.99 Å². The third-order valence-electron chi connectivity index (χ3n) is 4.63. The lowest BCUT2D eigenvalue weighted by atomic mass is 10.1. The molecule has 0 saturated carbocycles. The van der Waals surface area contributed by atoms with Crippen LogP contribution >= 0.6 is 11.8 Å². The molecule has 0 spiro atoms. The van der Waals surface area contributed by atoms with Crippen LogP contribution in [0.2, 0.25) is 0 Å². The van der Waals surface area contributed by atoms with E-state index in [1.54, 1.807) is 43.3 Å². The zero-order chi connectivity index (χ0) is 24.5. The van der Waals surface area contributed by atoms with Crippen molar-refractivity contribution in [3.63, 3.8) is 0 Å². The molecular weight excluding hydrogens is 454 g/mol. The first-order valence-electron chi connectivity index (χ1n) is 11.2. The number of nitrogens with zero attached hydrogens (tertiary/aromatic N) is 1. The smallest absolute Gasteiger partial charge is 0.344 e. The maximum atomic E-state index is 12.7. The van der Waals surface area contributed by atoms with Gasteiger partial charge in [0.1, 0.15) is 33.6 Å². The number of thioether (sulfide) groups is 1. The third kappa shape index (κ3) is 6.14. The predicted molar refractivity (Wildman–Crippen MR) is 135 cm³/mol. The van der Waals surface area contributed by atoms with Crippen LogP contribution in [0.25, 0.3) is 6.08 Å². The number of hydrogen-bond donors (Lipinski definition) is 1. The van der Waals surface area contributed by atoms with Crippen LogP contribution in [-0.4, -0.2) is 42.5 Å². The van der Waals surface area contributed by atoms with E-state index in [0.29, 0.717) is 47.0 Å². The quantitative estimate of drug-likeness (QED) is 0.410. The van der Waals surface area contributed by atoms with Gasteiger partial charge in [-0.25, -0.2) is 9.79 Å². The van der Waals surface area contributed by atoms with Gasteiger partial charge in [-0.1, -0.05) is 11.8 Å². The highest BCUT2D eigenvalue weighted by molar-refractivity contribution is 8.18. The van der Waals surface area contributed by atoms with Gasteiger partial charge < -0.3 is 24.1 Å². The molecular formula is C26H29NO6S. The van der Waals surface area contributed by atoms with Crippen molar-refractivity contribution in [2.75, 3.05) is 26.4 Å². The molecule has 0 aromatic heterocycles. The van der Waals surface area contributed by atoms with Crippen LogP contribution in [0, 0.1) is 0 Å². The van der Waals surface area contributed by atoms with E-state index in [1.807, 2.05) is 32.9 Å².